The summed E-state index contributed by atoms with van der Waals surface area (Å²) in [5, 5.41) is 8.50. The average Bonchev–Trinajstić information content (AvgIpc) is 2.91. The topological polar surface area (TPSA) is 72.0 Å². The lowest BCUT2D eigenvalue weighted by atomic mass is 9.98. The van der Waals surface area contributed by atoms with Crippen LogP contribution in [0, 0.1) is 6.92 Å². The van der Waals surface area contributed by atoms with Gasteiger partial charge in [-0.1, -0.05) is 30.3 Å². The lowest BCUT2D eigenvalue weighted by molar-refractivity contribution is -0.135. The molecule has 2 N–H and O–H groups in total. The van der Waals surface area contributed by atoms with Crippen molar-refractivity contribution in [2.24, 2.45) is 0 Å². The Bertz CT molecular complexity index is 1400. The van der Waals surface area contributed by atoms with Gasteiger partial charge in [-0.05, 0) is 73.9 Å². The summed E-state index contributed by atoms with van der Waals surface area (Å²) < 4.78 is 44.6. The van der Waals surface area contributed by atoms with Crippen LogP contribution in [0.2, 0.25) is 0 Å². The van der Waals surface area contributed by atoms with Gasteiger partial charge in [-0.15, -0.1) is 0 Å². The fraction of sp³-hybridized carbons (Fsp3) is 0.345. The minimum Gasteiger partial charge on any atom is -0.437 e. The maximum Gasteiger partial charge on any atom is 0.389 e. The van der Waals surface area contributed by atoms with Gasteiger partial charge in [0.05, 0.1) is 11.3 Å². The Morgan fingerprint density at radius 3 is 2.74 bits per heavy atom. The van der Waals surface area contributed by atoms with Gasteiger partial charge in [0.15, 0.2) is 0 Å². The van der Waals surface area contributed by atoms with Gasteiger partial charge in [0.25, 0.3) is 0 Å². The highest BCUT2D eigenvalue weighted by Crippen LogP contribution is 2.38. The lowest BCUT2D eigenvalue weighted by Crippen LogP contribution is -2.38. The highest BCUT2D eigenvalue weighted by atomic mass is 19.4. The molecule has 0 saturated carbocycles. The van der Waals surface area contributed by atoms with Crippen LogP contribution in [0.3, 0.4) is 0 Å². The van der Waals surface area contributed by atoms with Crippen LogP contribution in [0.25, 0.3) is 22.0 Å². The number of benzene rings is 2. The van der Waals surface area contributed by atoms with E-state index < -0.39 is 12.6 Å². The first kappa shape index (κ1) is 25.9. The Morgan fingerprint density at radius 1 is 1.03 bits per heavy atom. The third-order valence-electron chi connectivity index (χ3n) is 6.74. The minimum absolute atomic E-state index is 0.0398. The van der Waals surface area contributed by atoms with Gasteiger partial charge in [-0.25, -0.2) is 15.0 Å². The SMILES string of the molecule is Cc1ccc2c(CCCC(F)(F)F)cccc2c1Oc1ncccc1-c1ccnc(N[C@H]2CCCNC2)n1. The summed E-state index contributed by atoms with van der Waals surface area (Å²) >= 11 is 0. The molecule has 0 radical (unpaired) electrons. The number of hydrogen-bond acceptors (Lipinski definition) is 6. The normalized spacial score (nSPS) is 15.9. The van der Waals surface area contributed by atoms with Crippen LogP contribution in [-0.2, 0) is 6.42 Å². The number of aryl methyl sites for hydroxylation is 2. The van der Waals surface area contributed by atoms with E-state index in [0.717, 1.165) is 53.4 Å². The number of nitrogens with one attached hydrogen (secondary N) is 2. The van der Waals surface area contributed by atoms with E-state index in [1.807, 2.05) is 55.5 Å². The monoisotopic (exact) mass is 521 g/mol. The number of piperidine rings is 1. The van der Waals surface area contributed by atoms with E-state index in [4.69, 9.17) is 9.72 Å². The summed E-state index contributed by atoms with van der Waals surface area (Å²) in [7, 11) is 0. The number of anilines is 1. The number of fused-ring (bicyclic) bond motifs is 1. The Kier molecular flexibility index (Phi) is 7.74. The molecule has 0 aliphatic carbocycles. The molecular weight excluding hydrogens is 491 g/mol. The predicted octanol–water partition coefficient (Wildman–Crippen LogP) is 6.84. The molecule has 0 amide bonds. The van der Waals surface area contributed by atoms with Crippen molar-refractivity contribution in [1.82, 2.24) is 20.3 Å². The third-order valence-corrected chi connectivity index (χ3v) is 6.74. The summed E-state index contributed by atoms with van der Waals surface area (Å²) in [4.78, 5) is 13.6. The van der Waals surface area contributed by atoms with Crippen LogP contribution >= 0.6 is 0 Å². The Labute approximate surface area is 219 Å². The molecule has 198 valence electrons. The van der Waals surface area contributed by atoms with Crippen LogP contribution in [-0.4, -0.2) is 40.3 Å². The zero-order valence-electron chi connectivity index (χ0n) is 21.2. The molecule has 2 aromatic heterocycles. The minimum atomic E-state index is -4.16. The molecule has 5 rings (SSSR count). The van der Waals surface area contributed by atoms with Crippen molar-refractivity contribution in [2.75, 3.05) is 18.4 Å². The van der Waals surface area contributed by atoms with Gasteiger partial charge in [0.1, 0.15) is 5.75 Å². The average molecular weight is 522 g/mol. The smallest absolute Gasteiger partial charge is 0.389 e. The van der Waals surface area contributed by atoms with Crippen molar-refractivity contribution < 1.29 is 17.9 Å². The summed E-state index contributed by atoms with van der Waals surface area (Å²) in [5.74, 6) is 1.58. The van der Waals surface area contributed by atoms with Gasteiger partial charge in [-0.3, -0.25) is 0 Å². The molecule has 0 unspecified atom stereocenters. The molecule has 38 heavy (non-hydrogen) atoms. The van der Waals surface area contributed by atoms with Gasteiger partial charge in [-0.2, -0.15) is 13.2 Å². The second kappa shape index (κ2) is 11.3. The molecule has 1 aliphatic rings. The molecule has 9 heteroatoms. The highest BCUT2D eigenvalue weighted by molar-refractivity contribution is 5.92. The van der Waals surface area contributed by atoms with Gasteiger partial charge >= 0.3 is 6.18 Å². The van der Waals surface area contributed by atoms with Gasteiger partial charge in [0, 0.05) is 36.8 Å². The molecule has 4 aromatic rings. The zero-order valence-corrected chi connectivity index (χ0v) is 21.2. The molecule has 2 aromatic carbocycles. The maximum absolute atomic E-state index is 12.7. The number of aromatic nitrogens is 3. The number of hydrogen-bond donors (Lipinski definition) is 2. The molecular formula is C29H30F3N5O. The molecule has 1 fully saturated rings. The fourth-order valence-corrected chi connectivity index (χ4v) is 4.84. The van der Waals surface area contributed by atoms with Crippen molar-refractivity contribution in [3.8, 4) is 22.9 Å². The molecule has 1 aliphatic heterocycles. The summed E-state index contributed by atoms with van der Waals surface area (Å²) in [5.41, 5.74) is 3.16. The van der Waals surface area contributed by atoms with Gasteiger partial charge < -0.3 is 15.4 Å². The molecule has 0 spiro atoms. The number of ether oxygens (including phenoxy) is 1. The first-order valence-electron chi connectivity index (χ1n) is 12.9. The number of pyridine rings is 1. The Hall–Kier alpha value is -3.72. The second-order valence-corrected chi connectivity index (χ2v) is 9.60. The van der Waals surface area contributed by atoms with Crippen LogP contribution in [0.5, 0.6) is 11.6 Å². The summed E-state index contributed by atoms with van der Waals surface area (Å²) in [6.07, 6.45) is 0.952. The van der Waals surface area contributed by atoms with E-state index >= 15 is 0 Å². The van der Waals surface area contributed by atoms with Crippen LogP contribution in [0.15, 0.2) is 60.9 Å². The van der Waals surface area contributed by atoms with Crippen molar-refractivity contribution >= 4 is 16.7 Å². The van der Waals surface area contributed by atoms with Crippen molar-refractivity contribution in [3.05, 3.63) is 72.1 Å². The van der Waals surface area contributed by atoms with Gasteiger partial charge in [0.2, 0.25) is 11.8 Å². The van der Waals surface area contributed by atoms with Crippen molar-refractivity contribution in [2.45, 2.75) is 51.2 Å². The first-order valence-corrected chi connectivity index (χ1v) is 12.9. The largest absolute Gasteiger partial charge is 0.437 e. The van der Waals surface area contributed by atoms with Crippen molar-refractivity contribution in [3.63, 3.8) is 0 Å². The van der Waals surface area contributed by atoms with E-state index in [2.05, 4.69) is 20.6 Å². The quantitative estimate of drug-likeness (QED) is 0.265. The Morgan fingerprint density at radius 2 is 1.92 bits per heavy atom. The molecule has 1 atom stereocenters. The number of rotatable bonds is 8. The molecule has 6 nitrogen and oxygen atoms in total. The first-order chi connectivity index (χ1) is 18.4. The second-order valence-electron chi connectivity index (χ2n) is 9.60. The molecule has 0 bridgehead atoms. The van der Waals surface area contributed by atoms with Crippen molar-refractivity contribution in [1.29, 1.82) is 0 Å². The van der Waals surface area contributed by atoms with Crippen LogP contribution in [0.1, 0.15) is 36.8 Å². The summed E-state index contributed by atoms with van der Waals surface area (Å²) in [6, 6.07) is 15.4. The van der Waals surface area contributed by atoms with E-state index in [0.29, 0.717) is 29.7 Å². The highest BCUT2D eigenvalue weighted by Gasteiger charge is 2.26. The number of alkyl halides is 3. The number of nitrogens with zero attached hydrogens (tertiary/aromatic N) is 3. The maximum atomic E-state index is 12.7. The standard InChI is InChI=1S/C29H30F3N5O/c1-19-11-12-22-20(7-3-14-29(30,31)32)6-2-9-23(22)26(19)38-27-24(10-5-16-34-27)25-13-17-35-28(37-25)36-21-8-4-15-33-18-21/h2,5-6,9-13,16-17,21,33H,3-4,7-8,14-15,18H2,1H3,(H,35,36,37)/t21-/m0/s1. The number of halogens is 3. The predicted molar refractivity (Wildman–Crippen MR) is 143 cm³/mol. The fourth-order valence-electron chi connectivity index (χ4n) is 4.84. The lowest BCUT2D eigenvalue weighted by Gasteiger charge is -2.23. The zero-order chi connectivity index (χ0) is 26.5. The van der Waals surface area contributed by atoms with E-state index in [-0.39, 0.29) is 12.5 Å². The molecule has 1 saturated heterocycles. The van der Waals surface area contributed by atoms with E-state index in [1.54, 1.807) is 12.4 Å². The Balaban J connectivity index is 1.44. The van der Waals surface area contributed by atoms with Crippen LogP contribution in [0.4, 0.5) is 19.1 Å². The van der Waals surface area contributed by atoms with E-state index in [9.17, 15) is 13.2 Å². The van der Waals surface area contributed by atoms with E-state index in [1.165, 1.54) is 0 Å². The third kappa shape index (κ3) is 6.22. The molecule has 3 heterocycles. The summed E-state index contributed by atoms with van der Waals surface area (Å²) in [6.45, 7) is 3.84. The van der Waals surface area contributed by atoms with Crippen LogP contribution < -0.4 is 15.4 Å².